The Morgan fingerprint density at radius 1 is 1.33 bits per heavy atom. The Hall–Kier alpha value is -1.86. The number of carbonyl (C=O) groups is 1. The summed E-state index contributed by atoms with van der Waals surface area (Å²) in [5.74, 6) is 1.64. The van der Waals surface area contributed by atoms with Crippen LogP contribution in [0.25, 0.3) is 0 Å². The highest BCUT2D eigenvalue weighted by Gasteiger charge is 2.23. The van der Waals surface area contributed by atoms with Gasteiger partial charge in [-0.05, 0) is 50.0 Å². The highest BCUT2D eigenvalue weighted by Crippen LogP contribution is 2.21. The molecule has 1 aliphatic rings. The van der Waals surface area contributed by atoms with Crippen LogP contribution < -0.4 is 5.32 Å². The van der Waals surface area contributed by atoms with Crippen molar-refractivity contribution in [1.29, 1.82) is 0 Å². The predicted octanol–water partition coefficient (Wildman–Crippen LogP) is 2.17. The van der Waals surface area contributed by atoms with Crippen molar-refractivity contribution in [3.8, 4) is 0 Å². The van der Waals surface area contributed by atoms with E-state index in [0.29, 0.717) is 5.92 Å². The minimum Gasteiger partial charge on any atom is -0.339 e. The van der Waals surface area contributed by atoms with E-state index >= 15 is 0 Å². The molecule has 6 nitrogen and oxygen atoms in total. The second-order valence-electron chi connectivity index (χ2n) is 6.07. The van der Waals surface area contributed by atoms with Gasteiger partial charge in [-0.3, -0.25) is 9.89 Å². The molecule has 1 saturated heterocycles. The van der Waals surface area contributed by atoms with Crippen LogP contribution in [0.4, 0.5) is 0 Å². The van der Waals surface area contributed by atoms with E-state index in [2.05, 4.69) is 20.5 Å². The Morgan fingerprint density at radius 3 is 2.71 bits per heavy atom. The molecule has 0 saturated carbocycles. The number of amides is 1. The van der Waals surface area contributed by atoms with Crippen LogP contribution in [0.3, 0.4) is 0 Å². The largest absolute Gasteiger partial charge is 0.339 e. The Kier molecular flexibility index (Phi) is 5.87. The molecule has 3 rings (SSSR count). The summed E-state index contributed by atoms with van der Waals surface area (Å²) in [6.45, 7) is 2.75. The summed E-state index contributed by atoms with van der Waals surface area (Å²) in [7, 11) is 1.99. The second kappa shape index (κ2) is 8.30. The predicted molar refractivity (Wildman–Crippen MR) is 94.9 cm³/mol. The number of aromatic amines is 1. The van der Waals surface area contributed by atoms with E-state index in [1.54, 1.807) is 11.8 Å². The zero-order valence-corrected chi connectivity index (χ0v) is 14.7. The number of rotatable bonds is 6. The molecule has 0 bridgehead atoms. The number of carbonyl (C=O) groups excluding carboxylic acids is 1. The van der Waals surface area contributed by atoms with E-state index in [9.17, 15) is 4.79 Å². The van der Waals surface area contributed by atoms with Crippen LogP contribution in [0.15, 0.2) is 35.7 Å². The molecule has 2 aromatic rings. The van der Waals surface area contributed by atoms with E-state index in [4.69, 9.17) is 0 Å². The van der Waals surface area contributed by atoms with Crippen molar-refractivity contribution in [2.45, 2.75) is 23.8 Å². The number of benzene rings is 1. The number of likely N-dealkylation sites (tertiary alicyclic amines) is 1. The van der Waals surface area contributed by atoms with Crippen LogP contribution in [0.1, 0.15) is 28.8 Å². The number of H-pyrrole nitrogens is 1. The van der Waals surface area contributed by atoms with Crippen LogP contribution in [-0.4, -0.2) is 52.7 Å². The summed E-state index contributed by atoms with van der Waals surface area (Å²) in [5, 5.41) is 10.7. The average Bonchev–Trinajstić information content (AvgIpc) is 3.14. The van der Waals surface area contributed by atoms with Gasteiger partial charge in [-0.2, -0.15) is 5.10 Å². The van der Waals surface area contributed by atoms with Gasteiger partial charge >= 0.3 is 0 Å². The molecule has 2 heterocycles. The normalized spacial score (nSPS) is 15.6. The summed E-state index contributed by atoms with van der Waals surface area (Å²) in [5.41, 5.74) is 1.94. The molecule has 0 atom stereocenters. The zero-order valence-electron chi connectivity index (χ0n) is 13.9. The third-order valence-corrected chi connectivity index (χ3v) is 5.31. The molecule has 0 spiro atoms. The molecule has 7 heteroatoms. The molecular weight excluding hydrogens is 322 g/mol. The fraction of sp³-hybridized carbons (Fsp3) is 0.471. The molecule has 128 valence electrons. The summed E-state index contributed by atoms with van der Waals surface area (Å²) >= 11 is 1.60. The first kappa shape index (κ1) is 17.0. The Morgan fingerprint density at radius 2 is 2.08 bits per heavy atom. The lowest BCUT2D eigenvalue weighted by Gasteiger charge is -2.32. The Labute approximate surface area is 146 Å². The van der Waals surface area contributed by atoms with E-state index in [1.165, 1.54) is 11.9 Å². The van der Waals surface area contributed by atoms with Gasteiger partial charge in [-0.25, -0.2) is 4.98 Å². The van der Waals surface area contributed by atoms with Gasteiger partial charge in [0.15, 0.2) is 5.16 Å². The number of hydrogen-bond donors (Lipinski definition) is 2. The lowest BCUT2D eigenvalue weighted by molar-refractivity contribution is 0.0691. The molecule has 1 aromatic heterocycles. The summed E-state index contributed by atoms with van der Waals surface area (Å²) < 4.78 is 0. The van der Waals surface area contributed by atoms with E-state index in [1.807, 2.05) is 36.2 Å². The monoisotopic (exact) mass is 345 g/mol. The van der Waals surface area contributed by atoms with E-state index in [0.717, 1.165) is 48.9 Å². The third-order valence-electron chi connectivity index (χ3n) is 4.36. The van der Waals surface area contributed by atoms with Crippen molar-refractivity contribution in [3.05, 3.63) is 41.7 Å². The zero-order chi connectivity index (χ0) is 16.8. The molecule has 1 aliphatic heterocycles. The van der Waals surface area contributed by atoms with Gasteiger partial charge in [0, 0.05) is 24.4 Å². The second-order valence-corrected chi connectivity index (χ2v) is 7.03. The average molecular weight is 345 g/mol. The molecule has 24 heavy (non-hydrogen) atoms. The van der Waals surface area contributed by atoms with Crippen molar-refractivity contribution in [2.75, 3.05) is 26.7 Å². The minimum atomic E-state index is 0.146. The SMILES string of the molecule is CNCC1CCN(C(=O)c2ccc(CSc3ncn[nH]3)cc2)CC1. The van der Waals surface area contributed by atoms with Crippen molar-refractivity contribution in [2.24, 2.45) is 5.92 Å². The first-order chi connectivity index (χ1) is 11.8. The van der Waals surface area contributed by atoms with Crippen LogP contribution >= 0.6 is 11.8 Å². The number of hydrogen-bond acceptors (Lipinski definition) is 5. The number of aromatic nitrogens is 3. The smallest absolute Gasteiger partial charge is 0.253 e. The fourth-order valence-corrected chi connectivity index (χ4v) is 3.71. The Balaban J connectivity index is 1.52. The molecule has 0 aliphatic carbocycles. The third kappa shape index (κ3) is 4.36. The first-order valence-corrected chi connectivity index (χ1v) is 9.26. The number of thioether (sulfide) groups is 1. The summed E-state index contributed by atoms with van der Waals surface area (Å²) in [6, 6.07) is 7.89. The van der Waals surface area contributed by atoms with Gasteiger partial charge in [0.25, 0.3) is 5.91 Å². The van der Waals surface area contributed by atoms with Crippen LogP contribution in [0.2, 0.25) is 0 Å². The van der Waals surface area contributed by atoms with Gasteiger partial charge in [0.2, 0.25) is 0 Å². The van der Waals surface area contributed by atoms with Crippen molar-refractivity contribution in [3.63, 3.8) is 0 Å². The lowest BCUT2D eigenvalue weighted by Crippen LogP contribution is -2.40. The topological polar surface area (TPSA) is 73.9 Å². The van der Waals surface area contributed by atoms with Gasteiger partial charge in [-0.15, -0.1) is 0 Å². The van der Waals surface area contributed by atoms with Crippen molar-refractivity contribution >= 4 is 17.7 Å². The molecule has 0 radical (unpaired) electrons. The first-order valence-electron chi connectivity index (χ1n) is 8.27. The van der Waals surface area contributed by atoms with Crippen LogP contribution in [0, 0.1) is 5.92 Å². The van der Waals surface area contributed by atoms with Crippen molar-refractivity contribution in [1.82, 2.24) is 25.4 Å². The maximum absolute atomic E-state index is 12.6. The van der Waals surface area contributed by atoms with Gasteiger partial charge in [0.1, 0.15) is 6.33 Å². The van der Waals surface area contributed by atoms with Crippen LogP contribution in [0.5, 0.6) is 0 Å². The van der Waals surface area contributed by atoms with E-state index in [-0.39, 0.29) is 5.91 Å². The lowest BCUT2D eigenvalue weighted by atomic mass is 9.96. The number of nitrogens with one attached hydrogen (secondary N) is 2. The number of piperidine rings is 1. The molecular formula is C17H23N5OS. The maximum Gasteiger partial charge on any atom is 0.253 e. The van der Waals surface area contributed by atoms with E-state index < -0.39 is 0 Å². The Bertz CT molecular complexity index is 636. The van der Waals surface area contributed by atoms with Gasteiger partial charge in [0.05, 0.1) is 0 Å². The minimum absolute atomic E-state index is 0.146. The summed E-state index contributed by atoms with van der Waals surface area (Å²) in [4.78, 5) is 18.7. The van der Waals surface area contributed by atoms with Gasteiger partial charge < -0.3 is 10.2 Å². The molecule has 2 N–H and O–H groups in total. The molecule has 1 aromatic carbocycles. The standard InChI is InChI=1S/C17H23N5OS/c1-18-10-13-6-8-22(9-7-13)16(23)15-4-2-14(3-5-15)11-24-17-19-12-20-21-17/h2-5,12-13,18H,6-11H2,1H3,(H,19,20,21). The molecule has 1 fully saturated rings. The van der Waals surface area contributed by atoms with Crippen LogP contribution in [-0.2, 0) is 5.75 Å². The number of nitrogens with zero attached hydrogens (tertiary/aromatic N) is 3. The quantitative estimate of drug-likeness (QED) is 0.785. The highest BCUT2D eigenvalue weighted by atomic mass is 32.2. The molecule has 1 amide bonds. The highest BCUT2D eigenvalue weighted by molar-refractivity contribution is 7.98. The van der Waals surface area contributed by atoms with Gasteiger partial charge in [-0.1, -0.05) is 23.9 Å². The summed E-state index contributed by atoms with van der Waals surface area (Å²) in [6.07, 6.45) is 3.67. The maximum atomic E-state index is 12.6. The fourth-order valence-electron chi connectivity index (χ4n) is 2.97. The molecule has 0 unspecified atom stereocenters. The van der Waals surface area contributed by atoms with Crippen molar-refractivity contribution < 1.29 is 4.79 Å².